The molecule has 1 atom stereocenters. The van der Waals surface area contributed by atoms with Crippen LogP contribution in [-0.2, 0) is 12.0 Å². The van der Waals surface area contributed by atoms with E-state index in [1.54, 1.807) is 0 Å². The monoisotopic (exact) mass is 389 g/mol. The molecule has 2 aromatic carbocycles. The van der Waals surface area contributed by atoms with Crippen LogP contribution in [0.25, 0.3) is 0 Å². The van der Waals surface area contributed by atoms with Crippen molar-refractivity contribution in [1.29, 1.82) is 0 Å². The molecular formula is C25H31N3O. The molecule has 1 amide bonds. The van der Waals surface area contributed by atoms with Gasteiger partial charge in [0, 0.05) is 11.3 Å². The molecule has 0 unspecified atom stereocenters. The first-order valence-electron chi connectivity index (χ1n) is 10.1. The molecule has 0 aliphatic carbocycles. The molecule has 0 saturated carbocycles. The van der Waals surface area contributed by atoms with Crippen LogP contribution < -0.4 is 5.32 Å². The van der Waals surface area contributed by atoms with Crippen molar-refractivity contribution in [2.24, 2.45) is 0 Å². The summed E-state index contributed by atoms with van der Waals surface area (Å²) < 4.78 is 1.98. The fourth-order valence-corrected chi connectivity index (χ4v) is 3.40. The molecule has 0 spiro atoms. The Morgan fingerprint density at radius 3 is 2.17 bits per heavy atom. The standard InChI is InChI=1S/C25H31N3O/c1-17-15-18(2)28(27-17)16-20-7-9-22(10-8-20)24(29)26-19(3)21-11-13-23(14-12-21)25(4,5)6/h7-15,19H,16H2,1-6H3,(H,26,29)/t19-/m1/s1. The number of hydrogen-bond acceptors (Lipinski definition) is 2. The normalized spacial score (nSPS) is 12.6. The third-order valence-electron chi connectivity index (χ3n) is 5.28. The van der Waals surface area contributed by atoms with E-state index in [9.17, 15) is 4.79 Å². The molecule has 3 rings (SSSR count). The minimum Gasteiger partial charge on any atom is -0.346 e. The highest BCUT2D eigenvalue weighted by molar-refractivity contribution is 5.94. The second kappa shape index (κ2) is 8.24. The SMILES string of the molecule is Cc1cc(C)n(Cc2ccc(C(=O)N[C@H](C)c3ccc(C(C)(C)C)cc3)cc2)n1. The minimum absolute atomic E-state index is 0.0501. The summed E-state index contributed by atoms with van der Waals surface area (Å²) in [7, 11) is 0. The van der Waals surface area contributed by atoms with E-state index in [0.717, 1.165) is 22.5 Å². The van der Waals surface area contributed by atoms with Gasteiger partial charge in [-0.1, -0.05) is 57.2 Å². The maximum atomic E-state index is 12.7. The summed E-state index contributed by atoms with van der Waals surface area (Å²) >= 11 is 0. The molecule has 4 heteroatoms. The molecular weight excluding hydrogens is 358 g/mol. The zero-order valence-corrected chi connectivity index (χ0v) is 18.3. The maximum absolute atomic E-state index is 12.7. The highest BCUT2D eigenvalue weighted by Gasteiger charge is 2.15. The molecule has 29 heavy (non-hydrogen) atoms. The quantitative estimate of drug-likeness (QED) is 0.640. The van der Waals surface area contributed by atoms with Crippen LogP contribution in [0.3, 0.4) is 0 Å². The van der Waals surface area contributed by atoms with Gasteiger partial charge in [-0.3, -0.25) is 9.48 Å². The van der Waals surface area contributed by atoms with Crippen LogP contribution in [0, 0.1) is 13.8 Å². The average Bonchev–Trinajstić information content (AvgIpc) is 2.98. The summed E-state index contributed by atoms with van der Waals surface area (Å²) in [5.74, 6) is -0.0601. The molecule has 4 nitrogen and oxygen atoms in total. The lowest BCUT2D eigenvalue weighted by molar-refractivity contribution is 0.0940. The number of carbonyl (C=O) groups is 1. The van der Waals surface area contributed by atoms with Crippen LogP contribution in [0.4, 0.5) is 0 Å². The van der Waals surface area contributed by atoms with Gasteiger partial charge in [0.15, 0.2) is 0 Å². The van der Waals surface area contributed by atoms with E-state index in [0.29, 0.717) is 12.1 Å². The van der Waals surface area contributed by atoms with Crippen molar-refractivity contribution in [3.05, 3.63) is 88.2 Å². The molecule has 0 radical (unpaired) electrons. The molecule has 152 valence electrons. The van der Waals surface area contributed by atoms with E-state index in [2.05, 4.69) is 68.4 Å². The van der Waals surface area contributed by atoms with E-state index in [-0.39, 0.29) is 17.4 Å². The molecule has 3 aromatic rings. The number of benzene rings is 2. The van der Waals surface area contributed by atoms with Gasteiger partial charge >= 0.3 is 0 Å². The number of nitrogens with zero attached hydrogens (tertiary/aromatic N) is 2. The van der Waals surface area contributed by atoms with Gasteiger partial charge in [-0.2, -0.15) is 5.10 Å². The molecule has 0 aliphatic rings. The van der Waals surface area contributed by atoms with Crippen molar-refractivity contribution in [1.82, 2.24) is 15.1 Å². The molecule has 0 fully saturated rings. The van der Waals surface area contributed by atoms with Gasteiger partial charge < -0.3 is 5.32 Å². The maximum Gasteiger partial charge on any atom is 0.251 e. The van der Waals surface area contributed by atoms with Crippen molar-refractivity contribution in [3.63, 3.8) is 0 Å². The number of amides is 1. The van der Waals surface area contributed by atoms with E-state index in [4.69, 9.17) is 0 Å². The zero-order valence-electron chi connectivity index (χ0n) is 18.3. The number of hydrogen-bond donors (Lipinski definition) is 1. The number of rotatable bonds is 5. The van der Waals surface area contributed by atoms with Crippen molar-refractivity contribution in [3.8, 4) is 0 Å². The molecule has 0 bridgehead atoms. The Kier molecular flexibility index (Phi) is 5.92. The Morgan fingerprint density at radius 2 is 1.66 bits per heavy atom. The van der Waals surface area contributed by atoms with E-state index < -0.39 is 0 Å². The van der Waals surface area contributed by atoms with Gasteiger partial charge in [0.25, 0.3) is 5.91 Å². The van der Waals surface area contributed by atoms with Crippen LogP contribution in [0.2, 0.25) is 0 Å². The Balaban J connectivity index is 1.63. The second-order valence-electron chi connectivity index (χ2n) is 8.85. The first-order chi connectivity index (χ1) is 13.6. The fourth-order valence-electron chi connectivity index (χ4n) is 3.40. The van der Waals surface area contributed by atoms with Gasteiger partial charge in [0.2, 0.25) is 0 Å². The van der Waals surface area contributed by atoms with Crippen LogP contribution in [-0.4, -0.2) is 15.7 Å². The predicted octanol–water partition coefficient (Wildman–Crippen LogP) is 5.34. The summed E-state index contributed by atoms with van der Waals surface area (Å²) in [6.07, 6.45) is 0. The summed E-state index contributed by atoms with van der Waals surface area (Å²) in [6, 6.07) is 18.3. The summed E-state index contributed by atoms with van der Waals surface area (Å²) in [4.78, 5) is 12.7. The molecule has 0 saturated heterocycles. The largest absolute Gasteiger partial charge is 0.346 e. The fraction of sp³-hybridized carbons (Fsp3) is 0.360. The lowest BCUT2D eigenvalue weighted by Crippen LogP contribution is -2.26. The van der Waals surface area contributed by atoms with Crippen molar-refractivity contribution < 1.29 is 4.79 Å². The van der Waals surface area contributed by atoms with Gasteiger partial charge in [0.05, 0.1) is 18.3 Å². The lowest BCUT2D eigenvalue weighted by Gasteiger charge is -2.20. The van der Waals surface area contributed by atoms with Crippen LogP contribution >= 0.6 is 0 Å². The number of nitrogens with one attached hydrogen (secondary N) is 1. The number of carbonyl (C=O) groups excluding carboxylic acids is 1. The third kappa shape index (κ3) is 5.14. The van der Waals surface area contributed by atoms with Crippen LogP contribution in [0.15, 0.2) is 54.6 Å². The summed E-state index contributed by atoms with van der Waals surface area (Å²) in [5, 5.41) is 7.59. The van der Waals surface area contributed by atoms with E-state index in [1.165, 1.54) is 5.56 Å². The highest BCUT2D eigenvalue weighted by Crippen LogP contribution is 2.24. The van der Waals surface area contributed by atoms with Crippen molar-refractivity contribution in [2.75, 3.05) is 0 Å². The van der Waals surface area contributed by atoms with Gasteiger partial charge in [0.1, 0.15) is 0 Å². The van der Waals surface area contributed by atoms with Gasteiger partial charge in [-0.05, 0) is 61.1 Å². The Morgan fingerprint density at radius 1 is 1.03 bits per heavy atom. The zero-order chi connectivity index (χ0) is 21.2. The lowest BCUT2D eigenvalue weighted by atomic mass is 9.86. The molecule has 1 N–H and O–H groups in total. The Labute approximate surface area is 174 Å². The first kappa shape index (κ1) is 20.8. The van der Waals surface area contributed by atoms with Gasteiger partial charge in [-0.15, -0.1) is 0 Å². The number of aromatic nitrogens is 2. The van der Waals surface area contributed by atoms with Crippen LogP contribution in [0.1, 0.15) is 72.2 Å². The van der Waals surface area contributed by atoms with Crippen LogP contribution in [0.5, 0.6) is 0 Å². The Hall–Kier alpha value is -2.88. The number of aryl methyl sites for hydroxylation is 2. The predicted molar refractivity (Wildman–Crippen MR) is 118 cm³/mol. The average molecular weight is 390 g/mol. The summed E-state index contributed by atoms with van der Waals surface area (Å²) in [6.45, 7) is 13.4. The molecule has 1 aromatic heterocycles. The first-order valence-corrected chi connectivity index (χ1v) is 10.1. The minimum atomic E-state index is -0.0601. The molecule has 0 aliphatic heterocycles. The topological polar surface area (TPSA) is 46.9 Å². The Bertz CT molecular complexity index is 976. The van der Waals surface area contributed by atoms with E-state index >= 15 is 0 Å². The summed E-state index contributed by atoms with van der Waals surface area (Å²) in [5.41, 5.74) is 6.46. The van der Waals surface area contributed by atoms with Crippen molar-refractivity contribution in [2.45, 2.75) is 59.5 Å². The van der Waals surface area contributed by atoms with Crippen molar-refractivity contribution >= 4 is 5.91 Å². The highest BCUT2D eigenvalue weighted by atomic mass is 16.1. The van der Waals surface area contributed by atoms with E-state index in [1.807, 2.05) is 42.8 Å². The second-order valence-corrected chi connectivity index (χ2v) is 8.85. The molecule has 1 heterocycles. The smallest absolute Gasteiger partial charge is 0.251 e. The third-order valence-corrected chi connectivity index (χ3v) is 5.28. The van der Waals surface area contributed by atoms with Gasteiger partial charge in [-0.25, -0.2) is 0 Å².